The zero-order valence-electron chi connectivity index (χ0n) is 14.9. The zero-order chi connectivity index (χ0) is 19.9. The van der Waals surface area contributed by atoms with Gasteiger partial charge in [0.1, 0.15) is 17.2 Å². The van der Waals surface area contributed by atoms with Gasteiger partial charge < -0.3 is 19.8 Å². The Morgan fingerprint density at radius 3 is 2.36 bits per heavy atom. The highest BCUT2D eigenvalue weighted by atomic mass is 79.9. The predicted octanol–water partition coefficient (Wildman–Crippen LogP) is 4.46. The van der Waals surface area contributed by atoms with Crippen LogP contribution in [-0.2, 0) is 4.79 Å². The van der Waals surface area contributed by atoms with Crippen LogP contribution in [0.3, 0.4) is 0 Å². The molecule has 0 saturated carbocycles. The second kappa shape index (κ2) is 9.05. The molecule has 2 N–H and O–H groups in total. The summed E-state index contributed by atoms with van der Waals surface area (Å²) in [6.45, 7) is 0. The summed E-state index contributed by atoms with van der Waals surface area (Å²) in [5.41, 5.74) is 1.04. The van der Waals surface area contributed by atoms with E-state index in [-0.39, 0.29) is 5.70 Å². The minimum absolute atomic E-state index is 0.0543. The zero-order valence-corrected chi connectivity index (χ0v) is 16.5. The molecule has 3 aromatic rings. The van der Waals surface area contributed by atoms with Crippen molar-refractivity contribution in [3.05, 3.63) is 88.4 Å². The number of benzene rings is 2. The van der Waals surface area contributed by atoms with Crippen LogP contribution in [0.4, 0.5) is 5.69 Å². The average Bonchev–Trinajstić information content (AvgIpc) is 3.21. The Bertz CT molecular complexity index is 978. The first kappa shape index (κ1) is 19.4. The Balaban J connectivity index is 1.80. The number of ether oxygens (including phenoxy) is 1. The monoisotopic (exact) mass is 440 g/mol. The minimum Gasteiger partial charge on any atom is -0.497 e. The average molecular weight is 441 g/mol. The van der Waals surface area contributed by atoms with Crippen LogP contribution in [0.1, 0.15) is 16.1 Å². The molecular weight excluding hydrogens is 424 g/mol. The Kier molecular flexibility index (Phi) is 6.29. The number of carbonyl (C=O) groups excluding carboxylic acids is 2. The summed E-state index contributed by atoms with van der Waals surface area (Å²) in [6, 6.07) is 17.1. The second-order valence-electron chi connectivity index (χ2n) is 5.72. The van der Waals surface area contributed by atoms with Crippen molar-refractivity contribution >= 4 is 39.5 Å². The number of rotatable bonds is 6. The Morgan fingerprint density at radius 2 is 1.75 bits per heavy atom. The summed E-state index contributed by atoms with van der Waals surface area (Å²) in [5.74, 6) is 0.228. The number of halogens is 1. The van der Waals surface area contributed by atoms with Gasteiger partial charge in [0.2, 0.25) is 0 Å². The number of anilines is 1. The molecule has 1 heterocycles. The first-order valence-electron chi connectivity index (χ1n) is 8.32. The third-order valence-electron chi connectivity index (χ3n) is 3.78. The molecule has 142 valence electrons. The normalized spacial score (nSPS) is 11.0. The maximum absolute atomic E-state index is 12.7. The van der Waals surface area contributed by atoms with Crippen molar-refractivity contribution in [2.24, 2.45) is 0 Å². The lowest BCUT2D eigenvalue weighted by molar-refractivity contribution is -0.113. The van der Waals surface area contributed by atoms with Gasteiger partial charge in [0, 0.05) is 21.8 Å². The first-order chi connectivity index (χ1) is 13.5. The van der Waals surface area contributed by atoms with Crippen molar-refractivity contribution < 1.29 is 18.7 Å². The molecule has 0 fully saturated rings. The van der Waals surface area contributed by atoms with Crippen molar-refractivity contribution in [2.45, 2.75) is 0 Å². The molecular formula is C21H17BrN2O4. The molecule has 0 unspecified atom stereocenters. The van der Waals surface area contributed by atoms with E-state index in [0.29, 0.717) is 22.8 Å². The number of hydrogen-bond acceptors (Lipinski definition) is 4. The van der Waals surface area contributed by atoms with Crippen LogP contribution in [0, 0.1) is 0 Å². The largest absolute Gasteiger partial charge is 0.497 e. The van der Waals surface area contributed by atoms with Crippen molar-refractivity contribution in [1.82, 2.24) is 5.32 Å². The summed E-state index contributed by atoms with van der Waals surface area (Å²) < 4.78 is 11.2. The second-order valence-corrected chi connectivity index (χ2v) is 6.63. The Morgan fingerprint density at radius 1 is 1.04 bits per heavy atom. The van der Waals surface area contributed by atoms with Crippen molar-refractivity contribution in [1.29, 1.82) is 0 Å². The Hall–Kier alpha value is -3.32. The van der Waals surface area contributed by atoms with Crippen LogP contribution in [0.5, 0.6) is 5.75 Å². The molecule has 0 aliphatic rings. The molecule has 7 heteroatoms. The number of amides is 2. The summed E-state index contributed by atoms with van der Waals surface area (Å²) >= 11 is 3.33. The van der Waals surface area contributed by atoms with Gasteiger partial charge in [-0.25, -0.2) is 0 Å². The fourth-order valence-electron chi connectivity index (χ4n) is 2.34. The number of hydrogen-bond donors (Lipinski definition) is 2. The van der Waals surface area contributed by atoms with E-state index in [2.05, 4.69) is 26.6 Å². The van der Waals surface area contributed by atoms with E-state index in [1.165, 1.54) is 12.3 Å². The number of nitrogens with one attached hydrogen (secondary N) is 2. The van der Waals surface area contributed by atoms with Gasteiger partial charge in [0.05, 0.1) is 13.4 Å². The minimum atomic E-state index is -0.480. The summed E-state index contributed by atoms with van der Waals surface area (Å²) in [5, 5.41) is 5.39. The topological polar surface area (TPSA) is 80.6 Å². The van der Waals surface area contributed by atoms with Crippen molar-refractivity contribution in [3.63, 3.8) is 0 Å². The highest BCUT2D eigenvalue weighted by Crippen LogP contribution is 2.17. The van der Waals surface area contributed by atoms with E-state index < -0.39 is 11.8 Å². The maximum atomic E-state index is 12.7. The first-order valence-corrected chi connectivity index (χ1v) is 9.12. The molecule has 0 spiro atoms. The fraction of sp³-hybridized carbons (Fsp3) is 0.0476. The van der Waals surface area contributed by atoms with Gasteiger partial charge in [-0.3, -0.25) is 9.59 Å². The third kappa shape index (κ3) is 5.11. The molecule has 3 rings (SSSR count). The van der Waals surface area contributed by atoms with E-state index in [1.54, 1.807) is 67.8 Å². The van der Waals surface area contributed by atoms with E-state index >= 15 is 0 Å². The maximum Gasteiger partial charge on any atom is 0.272 e. The molecule has 28 heavy (non-hydrogen) atoms. The van der Waals surface area contributed by atoms with Gasteiger partial charge in [-0.05, 0) is 60.7 Å². The van der Waals surface area contributed by atoms with Gasteiger partial charge >= 0.3 is 0 Å². The van der Waals surface area contributed by atoms with Crippen LogP contribution >= 0.6 is 15.9 Å². The fourth-order valence-corrected chi connectivity index (χ4v) is 2.61. The number of carbonyl (C=O) groups is 2. The molecule has 2 aromatic carbocycles. The quantitative estimate of drug-likeness (QED) is 0.554. The van der Waals surface area contributed by atoms with E-state index in [0.717, 1.165) is 4.47 Å². The van der Waals surface area contributed by atoms with E-state index in [9.17, 15) is 9.59 Å². The SMILES string of the molecule is COc1ccc(NC(=O)/C(=C\c2ccco2)NC(=O)c2ccc(Br)cc2)cc1. The lowest BCUT2D eigenvalue weighted by atomic mass is 10.2. The van der Waals surface area contributed by atoms with Crippen LogP contribution in [0.15, 0.2) is 81.5 Å². The molecule has 0 bridgehead atoms. The van der Waals surface area contributed by atoms with Crippen molar-refractivity contribution in [2.75, 3.05) is 12.4 Å². The highest BCUT2D eigenvalue weighted by Gasteiger charge is 2.16. The number of methoxy groups -OCH3 is 1. The Labute approximate surface area is 170 Å². The molecule has 0 atom stereocenters. The van der Waals surface area contributed by atoms with E-state index in [4.69, 9.17) is 9.15 Å². The molecule has 0 radical (unpaired) electrons. The third-order valence-corrected chi connectivity index (χ3v) is 4.31. The van der Waals surface area contributed by atoms with Crippen LogP contribution in [-0.4, -0.2) is 18.9 Å². The van der Waals surface area contributed by atoms with Gasteiger partial charge in [0.25, 0.3) is 11.8 Å². The molecule has 0 saturated heterocycles. The smallest absolute Gasteiger partial charge is 0.272 e. The molecule has 2 amide bonds. The molecule has 6 nitrogen and oxygen atoms in total. The van der Waals surface area contributed by atoms with Crippen LogP contribution < -0.4 is 15.4 Å². The van der Waals surface area contributed by atoms with Crippen molar-refractivity contribution in [3.8, 4) is 5.75 Å². The van der Waals surface area contributed by atoms with E-state index in [1.807, 2.05) is 0 Å². The predicted molar refractivity (Wildman–Crippen MR) is 110 cm³/mol. The van der Waals surface area contributed by atoms with Crippen LogP contribution in [0.25, 0.3) is 6.08 Å². The summed E-state index contributed by atoms with van der Waals surface area (Å²) in [7, 11) is 1.56. The van der Waals surface area contributed by atoms with Gasteiger partial charge in [-0.15, -0.1) is 0 Å². The van der Waals surface area contributed by atoms with Crippen LogP contribution in [0.2, 0.25) is 0 Å². The molecule has 0 aliphatic carbocycles. The standard InChI is InChI=1S/C21H17BrN2O4/c1-27-17-10-8-16(9-11-17)23-21(26)19(13-18-3-2-12-28-18)24-20(25)14-4-6-15(22)7-5-14/h2-13H,1H3,(H,23,26)(H,24,25)/b19-13+. The lowest BCUT2D eigenvalue weighted by Crippen LogP contribution is -2.30. The molecule has 0 aliphatic heterocycles. The van der Waals surface area contributed by atoms with Gasteiger partial charge in [0.15, 0.2) is 0 Å². The summed E-state index contributed by atoms with van der Waals surface area (Å²) in [4.78, 5) is 25.3. The number of furan rings is 1. The molecule has 1 aromatic heterocycles. The highest BCUT2D eigenvalue weighted by molar-refractivity contribution is 9.10. The lowest BCUT2D eigenvalue weighted by Gasteiger charge is -2.11. The van der Waals surface area contributed by atoms with Gasteiger partial charge in [-0.2, -0.15) is 0 Å². The summed E-state index contributed by atoms with van der Waals surface area (Å²) in [6.07, 6.45) is 2.96. The van der Waals surface area contributed by atoms with Gasteiger partial charge in [-0.1, -0.05) is 15.9 Å².